The summed E-state index contributed by atoms with van der Waals surface area (Å²) in [5.41, 5.74) is 0.436. The van der Waals surface area contributed by atoms with Crippen LogP contribution in [0.1, 0.15) is 36.7 Å². The molecule has 1 aromatic heterocycles. The molecular formula is C10H14FN3. The van der Waals surface area contributed by atoms with E-state index in [1.165, 1.54) is 6.42 Å². The number of hydrogen-bond donors (Lipinski definition) is 1. The first-order valence-electron chi connectivity index (χ1n) is 4.94. The number of nitrogens with one attached hydrogen (secondary N) is 1. The van der Waals surface area contributed by atoms with Crippen molar-refractivity contribution in [3.05, 3.63) is 17.3 Å². The van der Waals surface area contributed by atoms with E-state index in [-0.39, 0.29) is 5.82 Å². The number of rotatable bonds is 2. The second-order valence-corrected chi connectivity index (χ2v) is 3.71. The van der Waals surface area contributed by atoms with E-state index in [9.17, 15) is 4.39 Å². The zero-order valence-corrected chi connectivity index (χ0v) is 8.47. The van der Waals surface area contributed by atoms with Crippen LogP contribution >= 0.6 is 0 Å². The maximum Gasteiger partial charge on any atom is 0.186 e. The second-order valence-electron chi connectivity index (χ2n) is 3.71. The highest BCUT2D eigenvalue weighted by atomic mass is 19.1. The minimum atomic E-state index is -0.337. The van der Waals surface area contributed by atoms with Crippen LogP contribution in [0.15, 0.2) is 0 Å². The van der Waals surface area contributed by atoms with Crippen LogP contribution in [0.3, 0.4) is 0 Å². The maximum absolute atomic E-state index is 13.4. The molecule has 0 unspecified atom stereocenters. The summed E-state index contributed by atoms with van der Waals surface area (Å²) in [6.07, 6.45) is 3.50. The lowest BCUT2D eigenvalue weighted by Crippen LogP contribution is -2.15. The minimum absolute atomic E-state index is 0.319. The molecule has 3 nitrogen and oxygen atoms in total. The number of anilines is 1. The number of aryl methyl sites for hydroxylation is 1. The summed E-state index contributed by atoms with van der Waals surface area (Å²) in [5, 5.41) is 2.75. The molecule has 0 amide bonds. The van der Waals surface area contributed by atoms with Crippen molar-refractivity contribution >= 4 is 5.82 Å². The Morgan fingerprint density at radius 2 is 2.07 bits per heavy atom. The van der Waals surface area contributed by atoms with Gasteiger partial charge in [-0.2, -0.15) is 0 Å². The standard InChI is InChI=1S/C10H14FN3/c1-6-8(11)10(12-2)14-9(13-6)7-4-3-5-7/h7H,3-5H2,1-2H3,(H,12,13,14). The zero-order chi connectivity index (χ0) is 10.1. The SMILES string of the molecule is CNc1nc(C2CCC2)nc(C)c1F. The molecule has 1 heterocycles. The molecule has 76 valence electrons. The molecule has 0 radical (unpaired) electrons. The first-order valence-corrected chi connectivity index (χ1v) is 4.94. The smallest absolute Gasteiger partial charge is 0.186 e. The summed E-state index contributed by atoms with van der Waals surface area (Å²) < 4.78 is 13.4. The van der Waals surface area contributed by atoms with Gasteiger partial charge in [0.2, 0.25) is 0 Å². The third kappa shape index (κ3) is 1.45. The van der Waals surface area contributed by atoms with Gasteiger partial charge in [-0.25, -0.2) is 14.4 Å². The Balaban J connectivity index is 2.37. The van der Waals surface area contributed by atoms with Crippen molar-refractivity contribution in [2.75, 3.05) is 12.4 Å². The lowest BCUT2D eigenvalue weighted by atomic mass is 9.85. The first-order chi connectivity index (χ1) is 6.72. The maximum atomic E-state index is 13.4. The molecule has 1 saturated carbocycles. The number of aromatic nitrogens is 2. The third-order valence-electron chi connectivity index (χ3n) is 2.74. The average molecular weight is 195 g/mol. The number of halogens is 1. The topological polar surface area (TPSA) is 37.8 Å². The molecule has 1 fully saturated rings. The van der Waals surface area contributed by atoms with Gasteiger partial charge in [0.15, 0.2) is 11.6 Å². The third-order valence-corrected chi connectivity index (χ3v) is 2.74. The van der Waals surface area contributed by atoms with Crippen molar-refractivity contribution in [3.8, 4) is 0 Å². The molecular weight excluding hydrogens is 181 g/mol. The van der Waals surface area contributed by atoms with E-state index in [0.29, 0.717) is 17.4 Å². The second kappa shape index (κ2) is 3.52. The van der Waals surface area contributed by atoms with Gasteiger partial charge in [0, 0.05) is 13.0 Å². The predicted molar refractivity (Wildman–Crippen MR) is 52.9 cm³/mol. The predicted octanol–water partition coefficient (Wildman–Crippen LogP) is 2.23. The van der Waals surface area contributed by atoms with Gasteiger partial charge in [-0.3, -0.25) is 0 Å². The van der Waals surface area contributed by atoms with Crippen LogP contribution in [0.2, 0.25) is 0 Å². The van der Waals surface area contributed by atoms with Gasteiger partial charge in [-0.05, 0) is 19.8 Å². The molecule has 14 heavy (non-hydrogen) atoms. The van der Waals surface area contributed by atoms with Crippen LogP contribution in [-0.2, 0) is 0 Å². The van der Waals surface area contributed by atoms with Gasteiger partial charge in [0.05, 0.1) is 5.69 Å². The molecule has 1 aliphatic rings. The minimum Gasteiger partial charge on any atom is -0.371 e. The first kappa shape index (κ1) is 9.37. The van der Waals surface area contributed by atoms with Gasteiger partial charge in [0.25, 0.3) is 0 Å². The Morgan fingerprint density at radius 3 is 2.57 bits per heavy atom. The van der Waals surface area contributed by atoms with Crippen LogP contribution in [0, 0.1) is 12.7 Å². The van der Waals surface area contributed by atoms with Crippen molar-refractivity contribution in [2.24, 2.45) is 0 Å². The highest BCUT2D eigenvalue weighted by Crippen LogP contribution is 2.35. The monoisotopic (exact) mass is 195 g/mol. The van der Waals surface area contributed by atoms with E-state index < -0.39 is 0 Å². The molecule has 1 aromatic rings. The fourth-order valence-corrected chi connectivity index (χ4v) is 1.60. The summed E-state index contributed by atoms with van der Waals surface area (Å²) in [6.45, 7) is 1.68. The largest absolute Gasteiger partial charge is 0.371 e. The molecule has 0 aliphatic heterocycles. The van der Waals surface area contributed by atoms with Crippen molar-refractivity contribution in [1.29, 1.82) is 0 Å². The van der Waals surface area contributed by atoms with Crippen molar-refractivity contribution < 1.29 is 4.39 Å². The molecule has 0 saturated heterocycles. The summed E-state index contributed by atoms with van der Waals surface area (Å²) in [5.74, 6) is 1.22. The molecule has 0 atom stereocenters. The fourth-order valence-electron chi connectivity index (χ4n) is 1.60. The molecule has 0 spiro atoms. The summed E-state index contributed by atoms with van der Waals surface area (Å²) in [7, 11) is 1.68. The van der Waals surface area contributed by atoms with E-state index >= 15 is 0 Å². The Bertz CT molecular complexity index is 347. The highest BCUT2D eigenvalue weighted by molar-refractivity contribution is 5.37. The van der Waals surface area contributed by atoms with Crippen molar-refractivity contribution in [3.63, 3.8) is 0 Å². The lowest BCUT2D eigenvalue weighted by Gasteiger charge is -2.24. The number of nitrogens with zero attached hydrogens (tertiary/aromatic N) is 2. The Hall–Kier alpha value is -1.19. The lowest BCUT2D eigenvalue weighted by molar-refractivity contribution is 0.399. The van der Waals surface area contributed by atoms with Gasteiger partial charge in [-0.15, -0.1) is 0 Å². The van der Waals surface area contributed by atoms with Gasteiger partial charge >= 0.3 is 0 Å². The van der Waals surface area contributed by atoms with Crippen LogP contribution in [-0.4, -0.2) is 17.0 Å². The van der Waals surface area contributed by atoms with Gasteiger partial charge in [0.1, 0.15) is 5.82 Å². The highest BCUT2D eigenvalue weighted by Gasteiger charge is 2.24. The quantitative estimate of drug-likeness (QED) is 0.786. The molecule has 4 heteroatoms. The van der Waals surface area contributed by atoms with Crippen LogP contribution in [0.25, 0.3) is 0 Å². The van der Waals surface area contributed by atoms with Gasteiger partial charge in [-0.1, -0.05) is 6.42 Å². The van der Waals surface area contributed by atoms with Crippen LogP contribution < -0.4 is 5.32 Å². The van der Waals surface area contributed by atoms with Gasteiger partial charge < -0.3 is 5.32 Å². The van der Waals surface area contributed by atoms with Crippen LogP contribution in [0.5, 0.6) is 0 Å². The fraction of sp³-hybridized carbons (Fsp3) is 0.600. The van der Waals surface area contributed by atoms with E-state index in [1.54, 1.807) is 14.0 Å². The summed E-state index contributed by atoms with van der Waals surface area (Å²) >= 11 is 0. The van der Waals surface area contributed by atoms with Crippen LogP contribution in [0.4, 0.5) is 10.2 Å². The van der Waals surface area contributed by atoms with Crippen molar-refractivity contribution in [2.45, 2.75) is 32.1 Å². The van der Waals surface area contributed by atoms with E-state index in [4.69, 9.17) is 0 Å². The summed E-state index contributed by atoms with van der Waals surface area (Å²) in [6, 6.07) is 0. The number of hydrogen-bond acceptors (Lipinski definition) is 3. The normalized spacial score (nSPS) is 16.5. The molecule has 1 N–H and O–H groups in total. The average Bonchev–Trinajstić information content (AvgIpc) is 2.08. The zero-order valence-electron chi connectivity index (χ0n) is 8.47. The molecule has 0 bridgehead atoms. The molecule has 0 aromatic carbocycles. The van der Waals surface area contributed by atoms with E-state index in [0.717, 1.165) is 18.7 Å². The molecule has 2 rings (SSSR count). The molecule has 1 aliphatic carbocycles. The Kier molecular flexibility index (Phi) is 2.35. The van der Waals surface area contributed by atoms with Crippen molar-refractivity contribution in [1.82, 2.24) is 9.97 Å². The summed E-state index contributed by atoms with van der Waals surface area (Å²) in [4.78, 5) is 8.35. The van der Waals surface area contributed by atoms with E-state index in [1.807, 2.05) is 0 Å². The Morgan fingerprint density at radius 1 is 1.36 bits per heavy atom. The Labute approximate surface area is 82.8 Å². The van der Waals surface area contributed by atoms with E-state index in [2.05, 4.69) is 15.3 Å².